The number of benzene rings is 2. The van der Waals surface area contributed by atoms with E-state index in [1.54, 1.807) is 42.5 Å². The maximum absolute atomic E-state index is 12.7. The fourth-order valence-electron chi connectivity index (χ4n) is 2.34. The minimum Gasteiger partial charge on any atom is -0.452 e. The number of rotatable bonds is 3. The first-order chi connectivity index (χ1) is 10.3. The van der Waals surface area contributed by atoms with E-state index in [9.17, 15) is 14.4 Å². The second-order valence-electron chi connectivity index (χ2n) is 4.49. The van der Waals surface area contributed by atoms with Crippen LogP contribution < -0.4 is 5.43 Å². The highest BCUT2D eigenvalue weighted by Crippen LogP contribution is 2.24. The number of aldehydes is 2. The predicted octanol–water partition coefficient (Wildman–Crippen LogP) is 3.09. The highest BCUT2D eigenvalue weighted by Gasteiger charge is 2.17. The summed E-state index contributed by atoms with van der Waals surface area (Å²) >= 11 is 0. The standard InChI is InChI=1S/C17H10O4/c18-9-12-7-4-8-13-16(12)17(20)15(14(10-19)21-13)11-5-2-1-3-6-11/h1-10H. The third-order valence-electron chi connectivity index (χ3n) is 3.28. The average Bonchev–Trinajstić information content (AvgIpc) is 2.54. The molecule has 0 N–H and O–H groups in total. The van der Waals surface area contributed by atoms with Gasteiger partial charge in [-0.1, -0.05) is 42.5 Å². The Morgan fingerprint density at radius 3 is 2.29 bits per heavy atom. The Labute approximate surface area is 119 Å². The molecule has 102 valence electrons. The number of hydrogen-bond acceptors (Lipinski definition) is 4. The van der Waals surface area contributed by atoms with Crippen molar-refractivity contribution in [1.29, 1.82) is 0 Å². The largest absolute Gasteiger partial charge is 0.452 e. The van der Waals surface area contributed by atoms with E-state index in [1.807, 2.05) is 6.07 Å². The van der Waals surface area contributed by atoms with Crippen molar-refractivity contribution in [2.45, 2.75) is 0 Å². The summed E-state index contributed by atoms with van der Waals surface area (Å²) in [5.74, 6) is -0.0400. The Morgan fingerprint density at radius 2 is 1.62 bits per heavy atom. The third kappa shape index (κ3) is 2.07. The minimum absolute atomic E-state index is 0.0400. The second-order valence-corrected chi connectivity index (χ2v) is 4.49. The molecule has 1 aromatic heterocycles. The summed E-state index contributed by atoms with van der Waals surface area (Å²) in [6.07, 6.45) is 1.12. The molecule has 0 spiro atoms. The summed E-state index contributed by atoms with van der Waals surface area (Å²) in [4.78, 5) is 35.1. The summed E-state index contributed by atoms with van der Waals surface area (Å²) in [5, 5.41) is 0.192. The van der Waals surface area contributed by atoms with Gasteiger partial charge in [0, 0.05) is 5.56 Å². The van der Waals surface area contributed by atoms with E-state index in [1.165, 1.54) is 0 Å². The summed E-state index contributed by atoms with van der Waals surface area (Å²) in [6, 6.07) is 13.5. The fraction of sp³-hybridized carbons (Fsp3) is 0. The van der Waals surface area contributed by atoms with E-state index in [0.29, 0.717) is 18.1 Å². The average molecular weight is 278 g/mol. The summed E-state index contributed by atoms with van der Waals surface area (Å²) < 4.78 is 5.49. The van der Waals surface area contributed by atoms with Gasteiger partial charge < -0.3 is 4.42 Å². The molecule has 0 aliphatic rings. The fourth-order valence-corrected chi connectivity index (χ4v) is 2.34. The van der Waals surface area contributed by atoms with Crippen LogP contribution in [0.5, 0.6) is 0 Å². The zero-order valence-corrected chi connectivity index (χ0v) is 10.9. The molecule has 0 saturated carbocycles. The minimum atomic E-state index is -0.382. The Morgan fingerprint density at radius 1 is 0.857 bits per heavy atom. The van der Waals surface area contributed by atoms with E-state index in [-0.39, 0.29) is 33.3 Å². The number of carbonyl (C=O) groups excluding carboxylic acids is 2. The van der Waals surface area contributed by atoms with Crippen LogP contribution in [-0.4, -0.2) is 12.6 Å². The van der Waals surface area contributed by atoms with E-state index < -0.39 is 0 Å². The van der Waals surface area contributed by atoms with Crippen molar-refractivity contribution >= 4 is 23.5 Å². The Bertz CT molecular complexity index is 892. The monoisotopic (exact) mass is 278 g/mol. The molecule has 21 heavy (non-hydrogen) atoms. The molecule has 0 fully saturated rings. The molecular formula is C17H10O4. The molecule has 0 saturated heterocycles. The van der Waals surface area contributed by atoms with Crippen molar-refractivity contribution in [1.82, 2.24) is 0 Å². The topological polar surface area (TPSA) is 64.3 Å². The summed E-state index contributed by atoms with van der Waals surface area (Å²) in [7, 11) is 0. The van der Waals surface area contributed by atoms with Crippen LogP contribution in [0.15, 0.2) is 57.7 Å². The highest BCUT2D eigenvalue weighted by molar-refractivity contribution is 5.99. The summed E-state index contributed by atoms with van der Waals surface area (Å²) in [5.41, 5.74) is 0.845. The van der Waals surface area contributed by atoms with Crippen LogP contribution >= 0.6 is 0 Å². The lowest BCUT2D eigenvalue weighted by atomic mass is 10.0. The van der Waals surface area contributed by atoms with Crippen LogP contribution in [0.2, 0.25) is 0 Å². The number of fused-ring (bicyclic) bond motifs is 1. The highest BCUT2D eigenvalue weighted by atomic mass is 16.3. The van der Waals surface area contributed by atoms with Crippen LogP contribution in [-0.2, 0) is 0 Å². The van der Waals surface area contributed by atoms with Crippen LogP contribution in [0.4, 0.5) is 0 Å². The molecule has 0 unspecified atom stereocenters. The normalized spacial score (nSPS) is 10.5. The van der Waals surface area contributed by atoms with Gasteiger partial charge in [-0.2, -0.15) is 0 Å². The number of hydrogen-bond donors (Lipinski definition) is 0. The Kier molecular flexibility index (Phi) is 3.20. The molecule has 4 nitrogen and oxygen atoms in total. The van der Waals surface area contributed by atoms with E-state index in [4.69, 9.17) is 4.42 Å². The lowest BCUT2D eigenvalue weighted by molar-refractivity contribution is 0.110. The third-order valence-corrected chi connectivity index (χ3v) is 3.28. The zero-order chi connectivity index (χ0) is 14.8. The maximum Gasteiger partial charge on any atom is 0.201 e. The van der Waals surface area contributed by atoms with Gasteiger partial charge in [-0.15, -0.1) is 0 Å². The predicted molar refractivity (Wildman–Crippen MR) is 78.7 cm³/mol. The molecule has 3 rings (SSSR count). The van der Waals surface area contributed by atoms with Crippen molar-refractivity contribution in [3.05, 3.63) is 70.1 Å². The lowest BCUT2D eigenvalue weighted by Crippen LogP contribution is -2.10. The van der Waals surface area contributed by atoms with Gasteiger partial charge in [-0.3, -0.25) is 14.4 Å². The summed E-state index contributed by atoms with van der Waals surface area (Å²) in [6.45, 7) is 0. The van der Waals surface area contributed by atoms with Gasteiger partial charge in [-0.05, 0) is 11.6 Å². The lowest BCUT2D eigenvalue weighted by Gasteiger charge is -2.07. The molecular weight excluding hydrogens is 268 g/mol. The van der Waals surface area contributed by atoms with Gasteiger partial charge >= 0.3 is 0 Å². The quantitative estimate of drug-likeness (QED) is 0.690. The van der Waals surface area contributed by atoms with Crippen molar-refractivity contribution in [3.8, 4) is 11.1 Å². The van der Waals surface area contributed by atoms with E-state index >= 15 is 0 Å². The molecule has 0 amide bonds. The van der Waals surface area contributed by atoms with Crippen LogP contribution in [0, 0.1) is 0 Å². The molecule has 0 radical (unpaired) electrons. The SMILES string of the molecule is O=Cc1oc2cccc(C=O)c2c(=O)c1-c1ccccc1. The van der Waals surface area contributed by atoms with Crippen LogP contribution in [0.1, 0.15) is 20.9 Å². The smallest absolute Gasteiger partial charge is 0.201 e. The first-order valence-corrected chi connectivity index (χ1v) is 6.32. The van der Waals surface area contributed by atoms with Gasteiger partial charge in [-0.25, -0.2) is 0 Å². The van der Waals surface area contributed by atoms with Crippen LogP contribution in [0.3, 0.4) is 0 Å². The molecule has 3 aromatic rings. The zero-order valence-electron chi connectivity index (χ0n) is 10.9. The molecule has 1 heterocycles. The first kappa shape index (κ1) is 13.0. The molecule has 2 aromatic carbocycles. The van der Waals surface area contributed by atoms with Gasteiger partial charge in [0.1, 0.15) is 5.58 Å². The van der Waals surface area contributed by atoms with Gasteiger partial charge in [0.15, 0.2) is 18.3 Å². The van der Waals surface area contributed by atoms with Crippen molar-refractivity contribution < 1.29 is 14.0 Å². The maximum atomic E-state index is 12.7. The van der Waals surface area contributed by atoms with Gasteiger partial charge in [0.05, 0.1) is 10.9 Å². The molecule has 0 aliphatic carbocycles. The second kappa shape index (κ2) is 5.17. The molecule has 4 heteroatoms. The van der Waals surface area contributed by atoms with Crippen LogP contribution in [0.25, 0.3) is 22.1 Å². The van der Waals surface area contributed by atoms with E-state index in [0.717, 1.165) is 0 Å². The van der Waals surface area contributed by atoms with Gasteiger partial charge in [0.25, 0.3) is 0 Å². The Hall–Kier alpha value is -3.01. The van der Waals surface area contributed by atoms with Crippen molar-refractivity contribution in [2.75, 3.05) is 0 Å². The molecule has 0 bridgehead atoms. The first-order valence-electron chi connectivity index (χ1n) is 6.32. The molecule has 0 aliphatic heterocycles. The molecule has 0 atom stereocenters. The van der Waals surface area contributed by atoms with Crippen molar-refractivity contribution in [3.63, 3.8) is 0 Å². The number of carbonyl (C=O) groups is 2. The Balaban J connectivity index is 2.49. The van der Waals surface area contributed by atoms with Crippen molar-refractivity contribution in [2.24, 2.45) is 0 Å². The van der Waals surface area contributed by atoms with Gasteiger partial charge in [0.2, 0.25) is 5.43 Å². The van der Waals surface area contributed by atoms with E-state index in [2.05, 4.69) is 0 Å².